The van der Waals surface area contributed by atoms with Crippen LogP contribution in [-0.4, -0.2) is 40.3 Å². The predicted octanol–water partition coefficient (Wildman–Crippen LogP) is 2.46. The van der Waals surface area contributed by atoms with Crippen molar-refractivity contribution in [2.75, 3.05) is 23.7 Å². The molecule has 2 aromatic carbocycles. The zero-order valence-electron chi connectivity index (χ0n) is 18.5. The van der Waals surface area contributed by atoms with Crippen LogP contribution >= 0.6 is 0 Å². The molecule has 0 bridgehead atoms. The Bertz CT molecular complexity index is 1400. The second kappa shape index (κ2) is 7.58. The van der Waals surface area contributed by atoms with Crippen LogP contribution in [0.1, 0.15) is 31.2 Å². The van der Waals surface area contributed by atoms with Crippen molar-refractivity contribution in [2.24, 2.45) is 5.92 Å². The van der Waals surface area contributed by atoms with E-state index in [0.717, 1.165) is 30.5 Å². The summed E-state index contributed by atoms with van der Waals surface area (Å²) in [4.78, 5) is 52.6. The van der Waals surface area contributed by atoms with Gasteiger partial charge in [-0.25, -0.2) is 4.79 Å². The Labute approximate surface area is 194 Å². The van der Waals surface area contributed by atoms with Crippen LogP contribution in [0.15, 0.2) is 51.7 Å². The number of fused-ring (bicyclic) bond motifs is 3. The van der Waals surface area contributed by atoms with Crippen LogP contribution in [0.3, 0.4) is 0 Å². The number of nitrogens with one attached hydrogen (secondary N) is 2. The van der Waals surface area contributed by atoms with Crippen LogP contribution in [0.5, 0.6) is 0 Å². The summed E-state index contributed by atoms with van der Waals surface area (Å²) in [6.07, 6.45) is 3.49. The molecule has 2 N–H and O–H groups in total. The van der Waals surface area contributed by atoms with Crippen LogP contribution in [-0.2, 0) is 26.3 Å². The van der Waals surface area contributed by atoms with Crippen molar-refractivity contribution < 1.29 is 18.8 Å². The monoisotopic (exact) mass is 460 g/mol. The molecule has 3 heterocycles. The first kappa shape index (κ1) is 20.7. The van der Waals surface area contributed by atoms with E-state index in [-0.39, 0.29) is 24.3 Å². The molecule has 174 valence electrons. The lowest BCUT2D eigenvalue weighted by Crippen LogP contribution is -2.39. The minimum atomic E-state index is -0.816. The zero-order valence-corrected chi connectivity index (χ0v) is 18.5. The maximum Gasteiger partial charge on any atom is 0.420 e. The highest BCUT2D eigenvalue weighted by molar-refractivity contribution is 6.14. The number of carbonyl (C=O) groups is 3. The number of likely N-dealkylation sites (tertiary alicyclic amines) is 1. The van der Waals surface area contributed by atoms with Crippen molar-refractivity contribution in [1.29, 1.82) is 0 Å². The molecule has 1 aromatic heterocycles. The van der Waals surface area contributed by atoms with Gasteiger partial charge >= 0.3 is 5.76 Å². The topological polar surface area (TPSA) is 114 Å². The Kier molecular flexibility index (Phi) is 4.62. The number of oxazole rings is 1. The molecule has 0 radical (unpaired) electrons. The van der Waals surface area contributed by atoms with Crippen LogP contribution < -0.4 is 16.4 Å². The van der Waals surface area contributed by atoms with Crippen molar-refractivity contribution in [1.82, 2.24) is 9.47 Å². The standard InChI is InChI=1S/C25H24N4O5/c30-21(28-10-4-1-5-11-28)14-29-19-12-15(8-9-20(19)34-24(29)33)26-22(31)17-13-25(17)16-6-2-3-7-18(16)27-23(25)32/h2-3,6-9,12,17H,1,4-5,10-11,13-14H2,(H,26,31)(H,27,32). The van der Waals surface area contributed by atoms with E-state index >= 15 is 0 Å². The van der Waals surface area contributed by atoms with E-state index in [1.807, 2.05) is 24.3 Å². The third-order valence-corrected chi connectivity index (χ3v) is 7.28. The number of anilines is 2. The van der Waals surface area contributed by atoms with Crippen molar-refractivity contribution in [3.8, 4) is 0 Å². The van der Waals surface area contributed by atoms with E-state index in [0.29, 0.717) is 36.3 Å². The van der Waals surface area contributed by atoms with Gasteiger partial charge in [-0.05, 0) is 55.5 Å². The van der Waals surface area contributed by atoms with Gasteiger partial charge < -0.3 is 20.0 Å². The van der Waals surface area contributed by atoms with Gasteiger partial charge in [0.25, 0.3) is 0 Å². The number of aromatic nitrogens is 1. The highest BCUT2D eigenvalue weighted by atomic mass is 16.4. The number of nitrogens with zero attached hydrogens (tertiary/aromatic N) is 2. The second-order valence-corrected chi connectivity index (χ2v) is 9.30. The van der Waals surface area contributed by atoms with Gasteiger partial charge in [0.2, 0.25) is 17.7 Å². The number of piperidine rings is 1. The van der Waals surface area contributed by atoms with E-state index < -0.39 is 17.1 Å². The maximum atomic E-state index is 13.1. The molecular weight excluding hydrogens is 436 g/mol. The molecule has 1 aliphatic carbocycles. The van der Waals surface area contributed by atoms with Gasteiger partial charge in [0.05, 0.1) is 16.8 Å². The molecule has 9 nitrogen and oxygen atoms in total. The quantitative estimate of drug-likeness (QED) is 0.621. The van der Waals surface area contributed by atoms with Crippen LogP contribution in [0.25, 0.3) is 11.1 Å². The summed E-state index contributed by atoms with van der Waals surface area (Å²) in [6, 6.07) is 12.3. The molecular formula is C25H24N4O5. The molecule has 1 saturated carbocycles. The summed E-state index contributed by atoms with van der Waals surface area (Å²) >= 11 is 0. The van der Waals surface area contributed by atoms with Gasteiger partial charge in [-0.3, -0.25) is 19.0 Å². The summed E-state index contributed by atoms with van der Waals surface area (Å²) < 4.78 is 6.61. The summed E-state index contributed by atoms with van der Waals surface area (Å²) in [5.41, 5.74) is 2.07. The maximum absolute atomic E-state index is 13.1. The van der Waals surface area contributed by atoms with Gasteiger partial charge in [0.1, 0.15) is 6.54 Å². The van der Waals surface area contributed by atoms with Gasteiger partial charge in [-0.2, -0.15) is 0 Å². The second-order valence-electron chi connectivity index (χ2n) is 9.30. The van der Waals surface area contributed by atoms with E-state index in [1.54, 1.807) is 23.1 Å². The Morgan fingerprint density at radius 1 is 1.09 bits per heavy atom. The number of hydrogen-bond acceptors (Lipinski definition) is 5. The molecule has 9 heteroatoms. The zero-order chi connectivity index (χ0) is 23.4. The summed E-state index contributed by atoms with van der Waals surface area (Å²) in [5.74, 6) is -1.61. The van der Waals surface area contributed by atoms with E-state index in [1.165, 1.54) is 4.57 Å². The summed E-state index contributed by atoms with van der Waals surface area (Å²) in [7, 11) is 0. The van der Waals surface area contributed by atoms with Gasteiger partial charge in [-0.15, -0.1) is 0 Å². The van der Waals surface area contributed by atoms with Gasteiger partial charge in [0.15, 0.2) is 5.58 Å². The minimum Gasteiger partial charge on any atom is -0.408 e. The molecule has 2 atom stereocenters. The Morgan fingerprint density at radius 2 is 1.88 bits per heavy atom. The highest BCUT2D eigenvalue weighted by Crippen LogP contribution is 2.60. The summed E-state index contributed by atoms with van der Waals surface area (Å²) in [6.45, 7) is 1.29. The number of rotatable bonds is 4. The van der Waals surface area contributed by atoms with Crippen molar-refractivity contribution in [3.05, 3.63) is 58.6 Å². The largest absolute Gasteiger partial charge is 0.420 e. The third kappa shape index (κ3) is 3.14. The molecule has 34 heavy (non-hydrogen) atoms. The van der Waals surface area contributed by atoms with Crippen LogP contribution in [0.2, 0.25) is 0 Å². The molecule has 2 fully saturated rings. The first-order valence-corrected chi connectivity index (χ1v) is 11.6. The van der Waals surface area contributed by atoms with E-state index in [2.05, 4.69) is 10.6 Å². The number of para-hydroxylation sites is 1. The van der Waals surface area contributed by atoms with Crippen LogP contribution in [0.4, 0.5) is 11.4 Å². The molecule has 2 unspecified atom stereocenters. The normalized spacial score (nSPS) is 23.1. The van der Waals surface area contributed by atoms with Crippen LogP contribution in [0, 0.1) is 5.92 Å². The molecule has 1 saturated heterocycles. The smallest absolute Gasteiger partial charge is 0.408 e. The summed E-state index contributed by atoms with van der Waals surface area (Å²) in [5, 5.41) is 5.75. The van der Waals surface area contributed by atoms with Crippen molar-refractivity contribution in [3.63, 3.8) is 0 Å². The van der Waals surface area contributed by atoms with Crippen molar-refractivity contribution in [2.45, 2.75) is 37.6 Å². The SMILES string of the molecule is O=C(Nc1ccc2oc(=O)n(CC(=O)N3CCCCC3)c2c1)C1CC12C(=O)Nc1ccccc12. The van der Waals surface area contributed by atoms with E-state index in [9.17, 15) is 19.2 Å². The third-order valence-electron chi connectivity index (χ3n) is 7.28. The molecule has 6 rings (SSSR count). The lowest BCUT2D eigenvalue weighted by molar-refractivity contribution is -0.132. The lowest BCUT2D eigenvalue weighted by Gasteiger charge is -2.26. The minimum absolute atomic E-state index is 0.105. The van der Waals surface area contributed by atoms with Gasteiger partial charge in [-0.1, -0.05) is 18.2 Å². The molecule has 2 aliphatic heterocycles. The molecule has 3 amide bonds. The highest BCUT2D eigenvalue weighted by Gasteiger charge is 2.67. The first-order valence-electron chi connectivity index (χ1n) is 11.6. The number of carbonyl (C=O) groups excluding carboxylic acids is 3. The Morgan fingerprint density at radius 3 is 2.71 bits per heavy atom. The molecule has 1 spiro atoms. The number of amides is 3. The molecule has 3 aromatic rings. The fourth-order valence-corrected chi connectivity index (χ4v) is 5.36. The molecule has 3 aliphatic rings. The first-order chi connectivity index (χ1) is 16.5. The van der Waals surface area contributed by atoms with Crippen molar-refractivity contribution >= 4 is 40.2 Å². The Hall–Kier alpha value is -3.88. The Balaban J connectivity index is 1.23. The average molecular weight is 460 g/mol. The number of hydrogen-bond donors (Lipinski definition) is 2. The van der Waals surface area contributed by atoms with E-state index in [4.69, 9.17) is 4.42 Å². The average Bonchev–Trinajstić information content (AvgIpc) is 3.45. The van der Waals surface area contributed by atoms with Gasteiger partial charge in [0, 0.05) is 24.5 Å². The predicted molar refractivity (Wildman–Crippen MR) is 124 cm³/mol. The fourth-order valence-electron chi connectivity index (χ4n) is 5.36. The lowest BCUT2D eigenvalue weighted by atomic mass is 9.94. The number of benzene rings is 2. The fraction of sp³-hybridized carbons (Fsp3) is 0.360.